The van der Waals surface area contributed by atoms with Gasteiger partial charge in [-0.15, -0.1) is 0 Å². The first kappa shape index (κ1) is 6.27. The van der Waals surface area contributed by atoms with Crippen molar-refractivity contribution in [2.24, 2.45) is 0 Å². The number of alkyl halides is 1. The Morgan fingerprint density at radius 1 is 1.83 bits per heavy atom. The van der Waals surface area contributed by atoms with E-state index in [0.29, 0.717) is 0 Å². The average molecular weight is 198 g/mol. The second kappa shape index (κ2) is 5.27. The van der Waals surface area contributed by atoms with Gasteiger partial charge in [0, 0.05) is 4.43 Å². The lowest BCUT2D eigenvalue weighted by Gasteiger charge is -1.89. The van der Waals surface area contributed by atoms with Crippen molar-refractivity contribution >= 4 is 22.6 Å². The quantitative estimate of drug-likeness (QED) is 0.289. The highest BCUT2D eigenvalue weighted by molar-refractivity contribution is 14.1. The molecule has 0 spiro atoms. The lowest BCUT2D eigenvalue weighted by Crippen LogP contribution is -1.83. The standard InChI is InChI=1S/C4H7IO/c1-2-6-4-3-5/h2H,1,3-4H2. The van der Waals surface area contributed by atoms with Crippen LogP contribution < -0.4 is 0 Å². The first-order chi connectivity index (χ1) is 2.91. The summed E-state index contributed by atoms with van der Waals surface area (Å²) in [6.45, 7) is 4.15. The molecule has 0 aromatic heterocycles. The molecule has 0 N–H and O–H groups in total. The summed E-state index contributed by atoms with van der Waals surface area (Å²) in [5.74, 6) is 0. The van der Waals surface area contributed by atoms with Crippen LogP contribution in [0.25, 0.3) is 0 Å². The number of hydrogen-bond donors (Lipinski definition) is 0. The van der Waals surface area contributed by atoms with Gasteiger partial charge >= 0.3 is 0 Å². The summed E-state index contributed by atoms with van der Waals surface area (Å²) in [4.78, 5) is 0. The third-order valence-corrected chi connectivity index (χ3v) is 0.753. The maximum Gasteiger partial charge on any atom is 0.0962 e. The van der Waals surface area contributed by atoms with E-state index in [-0.39, 0.29) is 0 Å². The molecular weight excluding hydrogens is 191 g/mol. The van der Waals surface area contributed by atoms with Gasteiger partial charge in [0.05, 0.1) is 12.9 Å². The molecule has 0 bridgehead atoms. The maximum absolute atomic E-state index is 4.74. The van der Waals surface area contributed by atoms with Gasteiger partial charge in [-0.3, -0.25) is 0 Å². The Balaban J connectivity index is 2.49. The van der Waals surface area contributed by atoms with Gasteiger partial charge in [-0.1, -0.05) is 29.2 Å². The fourth-order valence-electron chi connectivity index (χ4n) is 0.128. The molecule has 0 fully saturated rings. The van der Waals surface area contributed by atoms with E-state index < -0.39 is 0 Å². The minimum Gasteiger partial charge on any atom is -0.501 e. The Hall–Kier alpha value is 0.270. The van der Waals surface area contributed by atoms with Crippen LogP contribution in [0, 0.1) is 0 Å². The third kappa shape index (κ3) is 4.27. The van der Waals surface area contributed by atoms with E-state index in [9.17, 15) is 0 Å². The van der Waals surface area contributed by atoms with E-state index in [0.717, 1.165) is 11.0 Å². The van der Waals surface area contributed by atoms with Crippen molar-refractivity contribution in [1.82, 2.24) is 0 Å². The Bertz CT molecular complexity index is 36.5. The highest BCUT2D eigenvalue weighted by atomic mass is 127. The number of ether oxygens (including phenoxy) is 1. The van der Waals surface area contributed by atoms with Gasteiger partial charge in [-0.25, -0.2) is 0 Å². The van der Waals surface area contributed by atoms with Gasteiger partial charge in [0.15, 0.2) is 0 Å². The smallest absolute Gasteiger partial charge is 0.0962 e. The highest BCUT2D eigenvalue weighted by Gasteiger charge is 1.70. The number of halogens is 1. The molecule has 0 aliphatic carbocycles. The monoisotopic (exact) mass is 198 g/mol. The first-order valence-corrected chi connectivity index (χ1v) is 3.23. The molecule has 0 saturated heterocycles. The molecule has 2 heteroatoms. The van der Waals surface area contributed by atoms with Crippen molar-refractivity contribution in [2.45, 2.75) is 0 Å². The van der Waals surface area contributed by atoms with E-state index in [1.54, 1.807) is 0 Å². The molecule has 6 heavy (non-hydrogen) atoms. The van der Waals surface area contributed by atoms with E-state index in [4.69, 9.17) is 4.74 Å². The molecule has 0 heterocycles. The normalized spacial score (nSPS) is 7.50. The van der Waals surface area contributed by atoms with Gasteiger partial charge in [0.1, 0.15) is 0 Å². The predicted molar refractivity (Wildman–Crippen MR) is 35.0 cm³/mol. The number of rotatable bonds is 3. The average Bonchev–Trinajstić information content (AvgIpc) is 1.61. The molecule has 0 aliphatic heterocycles. The molecule has 36 valence electrons. The largest absolute Gasteiger partial charge is 0.501 e. The highest BCUT2D eigenvalue weighted by Crippen LogP contribution is 1.80. The van der Waals surface area contributed by atoms with Crippen LogP contribution in [0.15, 0.2) is 12.8 Å². The molecule has 1 nitrogen and oxygen atoms in total. The van der Waals surface area contributed by atoms with Crippen molar-refractivity contribution in [3.8, 4) is 0 Å². The summed E-state index contributed by atoms with van der Waals surface area (Å²) in [7, 11) is 0. The van der Waals surface area contributed by atoms with Crippen LogP contribution in [0.2, 0.25) is 0 Å². The van der Waals surface area contributed by atoms with E-state index in [2.05, 4.69) is 29.2 Å². The molecule has 0 amide bonds. The second-order valence-electron chi connectivity index (χ2n) is 0.726. The van der Waals surface area contributed by atoms with Crippen molar-refractivity contribution in [1.29, 1.82) is 0 Å². The van der Waals surface area contributed by atoms with Crippen molar-refractivity contribution in [3.63, 3.8) is 0 Å². The van der Waals surface area contributed by atoms with Gasteiger partial charge in [-0.2, -0.15) is 0 Å². The maximum atomic E-state index is 4.74. The van der Waals surface area contributed by atoms with Crippen molar-refractivity contribution in [2.75, 3.05) is 11.0 Å². The van der Waals surface area contributed by atoms with Gasteiger partial charge in [-0.05, 0) is 0 Å². The summed E-state index contributed by atoms with van der Waals surface area (Å²) < 4.78 is 5.77. The molecule has 0 atom stereocenters. The first-order valence-electron chi connectivity index (χ1n) is 1.70. The minimum atomic E-state index is 0.782. The summed E-state index contributed by atoms with van der Waals surface area (Å²) in [5.41, 5.74) is 0. The third-order valence-electron chi connectivity index (χ3n) is 0.313. The van der Waals surface area contributed by atoms with Crippen LogP contribution in [0.3, 0.4) is 0 Å². The molecule has 0 aromatic carbocycles. The van der Waals surface area contributed by atoms with Crippen LogP contribution in [0.4, 0.5) is 0 Å². The topological polar surface area (TPSA) is 9.23 Å². The molecule has 0 aliphatic rings. The van der Waals surface area contributed by atoms with Gasteiger partial charge < -0.3 is 4.74 Å². The summed E-state index contributed by atoms with van der Waals surface area (Å²) in [6, 6.07) is 0. The lowest BCUT2D eigenvalue weighted by atomic mass is 10.9. The SMILES string of the molecule is C=COCCI. The Morgan fingerprint density at radius 3 is 2.67 bits per heavy atom. The Labute approximate surface area is 51.5 Å². The Kier molecular flexibility index (Phi) is 5.51. The molecular formula is C4H7IO. The molecule has 0 radical (unpaired) electrons. The zero-order valence-electron chi connectivity index (χ0n) is 3.48. The minimum absolute atomic E-state index is 0.782. The zero-order chi connectivity index (χ0) is 4.83. The van der Waals surface area contributed by atoms with E-state index in [1.165, 1.54) is 6.26 Å². The fourth-order valence-corrected chi connectivity index (χ4v) is 0.382. The fraction of sp³-hybridized carbons (Fsp3) is 0.500. The van der Waals surface area contributed by atoms with Gasteiger partial charge in [0.25, 0.3) is 0 Å². The number of hydrogen-bond acceptors (Lipinski definition) is 1. The van der Waals surface area contributed by atoms with Gasteiger partial charge in [0.2, 0.25) is 0 Å². The van der Waals surface area contributed by atoms with Crippen LogP contribution in [-0.2, 0) is 4.74 Å². The summed E-state index contributed by atoms with van der Waals surface area (Å²) in [6.07, 6.45) is 1.46. The summed E-state index contributed by atoms with van der Waals surface area (Å²) >= 11 is 2.24. The van der Waals surface area contributed by atoms with Crippen molar-refractivity contribution < 1.29 is 4.74 Å². The molecule has 0 unspecified atom stereocenters. The Morgan fingerprint density at radius 2 is 2.50 bits per heavy atom. The molecule has 0 rings (SSSR count). The van der Waals surface area contributed by atoms with Crippen LogP contribution >= 0.6 is 22.6 Å². The predicted octanol–water partition coefficient (Wildman–Crippen LogP) is 1.58. The second-order valence-corrected chi connectivity index (χ2v) is 1.81. The van der Waals surface area contributed by atoms with Crippen molar-refractivity contribution in [3.05, 3.63) is 12.8 Å². The van der Waals surface area contributed by atoms with E-state index >= 15 is 0 Å². The molecule has 0 saturated carbocycles. The van der Waals surface area contributed by atoms with Crippen LogP contribution in [-0.4, -0.2) is 11.0 Å². The van der Waals surface area contributed by atoms with E-state index in [1.807, 2.05) is 0 Å². The van der Waals surface area contributed by atoms with Crippen LogP contribution in [0.1, 0.15) is 0 Å². The lowest BCUT2D eigenvalue weighted by molar-refractivity contribution is 0.276. The van der Waals surface area contributed by atoms with Crippen LogP contribution in [0.5, 0.6) is 0 Å². The zero-order valence-corrected chi connectivity index (χ0v) is 5.64. The summed E-state index contributed by atoms with van der Waals surface area (Å²) in [5, 5.41) is 0. The molecule has 0 aromatic rings.